The van der Waals surface area contributed by atoms with Crippen molar-refractivity contribution in [3.05, 3.63) is 40.4 Å². The van der Waals surface area contributed by atoms with Crippen LogP contribution in [0.25, 0.3) is 11.5 Å². The predicted octanol–water partition coefficient (Wildman–Crippen LogP) is 1.29. The van der Waals surface area contributed by atoms with E-state index in [4.69, 9.17) is 4.42 Å². The first-order valence-electron chi connectivity index (χ1n) is 11.3. The third-order valence-electron chi connectivity index (χ3n) is 6.14. The number of sulfone groups is 1. The van der Waals surface area contributed by atoms with Gasteiger partial charge in [0.15, 0.2) is 0 Å². The van der Waals surface area contributed by atoms with Crippen molar-refractivity contribution in [2.75, 3.05) is 41.0 Å². The van der Waals surface area contributed by atoms with Crippen LogP contribution >= 0.6 is 0 Å². The van der Waals surface area contributed by atoms with Gasteiger partial charge in [-0.1, -0.05) is 6.07 Å². The maximum Gasteiger partial charge on any atom is 0.437 e. The van der Waals surface area contributed by atoms with Crippen LogP contribution in [0, 0.1) is 0 Å². The molecule has 1 atom stereocenters. The molecule has 0 saturated carbocycles. The molecule has 1 amide bonds. The molecule has 4 heterocycles. The zero-order valence-corrected chi connectivity index (χ0v) is 20.4. The number of hydrogen-bond donors (Lipinski definition) is 1. The fraction of sp³-hybridized carbons (Fsp3) is 0.409. The van der Waals surface area contributed by atoms with Crippen molar-refractivity contribution >= 4 is 33.1 Å². The Kier molecular flexibility index (Phi) is 5.58. The monoisotopic (exact) mass is 499 g/mol. The van der Waals surface area contributed by atoms with Crippen LogP contribution in [-0.2, 0) is 16.9 Å². The number of carbonyl (C=O) groups excluding carboxylic acids is 1. The number of hydrogen-bond acceptors (Lipinski definition) is 10. The first-order valence-corrected chi connectivity index (χ1v) is 13.2. The molecule has 1 saturated heterocycles. The highest BCUT2D eigenvalue weighted by molar-refractivity contribution is 7.90. The van der Waals surface area contributed by atoms with E-state index >= 15 is 0 Å². The van der Waals surface area contributed by atoms with Crippen molar-refractivity contribution in [2.24, 2.45) is 7.05 Å². The van der Waals surface area contributed by atoms with Crippen molar-refractivity contribution < 1.29 is 17.6 Å². The molecule has 12 nitrogen and oxygen atoms in total. The highest BCUT2D eigenvalue weighted by Crippen LogP contribution is 2.37. The number of aromatic nitrogens is 4. The lowest BCUT2D eigenvalue weighted by atomic mass is 10.1. The Bertz CT molecular complexity index is 1480. The third kappa shape index (κ3) is 4.05. The number of aryl methyl sites for hydroxylation is 1. The maximum atomic E-state index is 14.0. The highest BCUT2D eigenvalue weighted by Gasteiger charge is 2.40. The van der Waals surface area contributed by atoms with Crippen molar-refractivity contribution in [3.63, 3.8) is 0 Å². The van der Waals surface area contributed by atoms with Gasteiger partial charge in [0, 0.05) is 50.2 Å². The first-order chi connectivity index (χ1) is 16.7. The average molecular weight is 500 g/mol. The molecule has 3 aromatic rings. The molecule has 2 aliphatic heterocycles. The average Bonchev–Trinajstić information content (AvgIpc) is 3.39. The number of carbonyl (C=O) groups is 1. The van der Waals surface area contributed by atoms with Gasteiger partial charge in [0.25, 0.3) is 11.1 Å². The highest BCUT2D eigenvalue weighted by atomic mass is 32.2. The topological polar surface area (TPSA) is 144 Å². The molecule has 0 unspecified atom stereocenters. The second-order valence-electron chi connectivity index (χ2n) is 8.61. The van der Waals surface area contributed by atoms with Gasteiger partial charge >= 0.3 is 5.76 Å². The van der Waals surface area contributed by atoms with Crippen LogP contribution in [0.15, 0.2) is 38.6 Å². The molecular weight excluding hydrogens is 474 g/mol. The molecule has 2 aliphatic rings. The fourth-order valence-electron chi connectivity index (χ4n) is 4.52. The van der Waals surface area contributed by atoms with Crippen molar-refractivity contribution in [2.45, 2.75) is 31.0 Å². The Morgan fingerprint density at radius 3 is 2.71 bits per heavy atom. The number of benzene rings is 1. The van der Waals surface area contributed by atoms with E-state index in [1.54, 1.807) is 29.2 Å². The van der Waals surface area contributed by atoms with Gasteiger partial charge < -0.3 is 19.5 Å². The summed E-state index contributed by atoms with van der Waals surface area (Å²) in [5.74, 6) is -0.254. The molecule has 0 aliphatic carbocycles. The number of rotatable bonds is 5. The molecular formula is C22H25N7O5S. The molecule has 184 valence electrons. The minimum absolute atomic E-state index is 0.0478. The lowest BCUT2D eigenvalue weighted by Crippen LogP contribution is -2.39. The standard InChI is InChI=1S/C22H25N7O5S/c1-4-23-17-16-18(25-21(24-17)35(3,32)33)28-10-6-9-15(28)12-29(20(16)30)14-8-5-7-13(11-14)19-26-27(2)22(31)34-19/h5,7-8,11,15H,4,6,9-10,12H2,1-3H3,(H,23,24,25)/t15-/m0/s1. The molecule has 13 heteroatoms. The molecule has 1 N–H and O–H groups in total. The van der Waals surface area contributed by atoms with Crippen LogP contribution in [0.4, 0.5) is 17.3 Å². The van der Waals surface area contributed by atoms with E-state index in [0.29, 0.717) is 36.7 Å². The van der Waals surface area contributed by atoms with Crippen LogP contribution in [0.5, 0.6) is 0 Å². The summed E-state index contributed by atoms with van der Waals surface area (Å²) in [7, 11) is -2.20. The fourth-order valence-corrected chi connectivity index (χ4v) is 5.03. The molecule has 35 heavy (non-hydrogen) atoms. The molecule has 0 radical (unpaired) electrons. The van der Waals surface area contributed by atoms with Crippen molar-refractivity contribution in [3.8, 4) is 11.5 Å². The van der Waals surface area contributed by atoms with Crippen LogP contribution in [0.3, 0.4) is 0 Å². The van der Waals surface area contributed by atoms with E-state index in [1.807, 2.05) is 11.8 Å². The van der Waals surface area contributed by atoms with E-state index in [-0.39, 0.29) is 34.4 Å². The van der Waals surface area contributed by atoms with Gasteiger partial charge in [-0.3, -0.25) is 4.79 Å². The van der Waals surface area contributed by atoms with Gasteiger partial charge in [0.1, 0.15) is 17.2 Å². The summed E-state index contributed by atoms with van der Waals surface area (Å²) in [4.78, 5) is 37.9. The first kappa shape index (κ1) is 23.0. The molecule has 0 bridgehead atoms. The van der Waals surface area contributed by atoms with Crippen LogP contribution in [0.1, 0.15) is 30.1 Å². The summed E-state index contributed by atoms with van der Waals surface area (Å²) in [5.41, 5.74) is 1.38. The molecule has 5 rings (SSSR count). The largest absolute Gasteiger partial charge is 0.437 e. The number of nitrogens with one attached hydrogen (secondary N) is 1. The van der Waals surface area contributed by atoms with E-state index in [2.05, 4.69) is 20.4 Å². The second-order valence-corrected chi connectivity index (χ2v) is 10.5. The molecule has 2 aromatic heterocycles. The molecule has 0 spiro atoms. The SMILES string of the molecule is CCNc1nc(S(C)(=O)=O)nc2c1C(=O)N(c1cccc(-c3nn(C)c(=O)o3)c1)C[C@@H]1CCCN21. The Hall–Kier alpha value is -3.74. The number of anilines is 3. The molecule has 1 aromatic carbocycles. The van der Waals surface area contributed by atoms with Gasteiger partial charge in [-0.15, -0.1) is 5.10 Å². The van der Waals surface area contributed by atoms with E-state index in [9.17, 15) is 18.0 Å². The maximum absolute atomic E-state index is 14.0. The summed E-state index contributed by atoms with van der Waals surface area (Å²) < 4.78 is 30.9. The smallest absolute Gasteiger partial charge is 0.388 e. The normalized spacial score (nSPS) is 17.8. The predicted molar refractivity (Wildman–Crippen MR) is 129 cm³/mol. The van der Waals surface area contributed by atoms with Crippen LogP contribution in [-0.4, -0.2) is 66.0 Å². The Labute approximate surface area is 201 Å². The van der Waals surface area contributed by atoms with Crippen molar-refractivity contribution in [1.29, 1.82) is 0 Å². The minimum atomic E-state index is -3.70. The van der Waals surface area contributed by atoms with Gasteiger partial charge in [-0.25, -0.2) is 18.2 Å². The number of amides is 1. The van der Waals surface area contributed by atoms with Crippen LogP contribution < -0.4 is 20.9 Å². The summed E-state index contributed by atoms with van der Waals surface area (Å²) in [6, 6.07) is 7.00. The molecule has 1 fully saturated rings. The van der Waals surface area contributed by atoms with Gasteiger partial charge in [-0.05, 0) is 38.0 Å². The van der Waals surface area contributed by atoms with Crippen molar-refractivity contribution in [1.82, 2.24) is 19.7 Å². The van der Waals surface area contributed by atoms with Gasteiger partial charge in [-0.2, -0.15) is 9.67 Å². The number of fused-ring (bicyclic) bond motifs is 3. The summed E-state index contributed by atoms with van der Waals surface area (Å²) in [5, 5.41) is 6.84. The second kappa shape index (κ2) is 8.48. The summed E-state index contributed by atoms with van der Waals surface area (Å²) in [6.07, 6.45) is 2.77. The quantitative estimate of drug-likeness (QED) is 0.510. The third-order valence-corrected chi connectivity index (χ3v) is 6.99. The van der Waals surface area contributed by atoms with Crippen LogP contribution in [0.2, 0.25) is 0 Å². The minimum Gasteiger partial charge on any atom is -0.388 e. The Morgan fingerprint density at radius 1 is 1.23 bits per heavy atom. The lowest BCUT2D eigenvalue weighted by molar-refractivity contribution is 0.0988. The summed E-state index contributed by atoms with van der Waals surface area (Å²) >= 11 is 0. The van der Waals surface area contributed by atoms with E-state index in [0.717, 1.165) is 23.8 Å². The zero-order valence-electron chi connectivity index (χ0n) is 19.6. The van der Waals surface area contributed by atoms with Gasteiger partial charge in [0.05, 0.1) is 0 Å². The zero-order chi connectivity index (χ0) is 24.9. The van der Waals surface area contributed by atoms with E-state index < -0.39 is 15.6 Å². The Morgan fingerprint density at radius 2 is 2.03 bits per heavy atom. The van der Waals surface area contributed by atoms with Gasteiger partial charge in [0.2, 0.25) is 15.7 Å². The Balaban J connectivity index is 1.66. The van der Waals surface area contributed by atoms with E-state index in [1.165, 1.54) is 7.05 Å². The lowest BCUT2D eigenvalue weighted by Gasteiger charge is -2.27. The number of nitrogens with zero attached hydrogens (tertiary/aromatic N) is 6. The summed E-state index contributed by atoms with van der Waals surface area (Å²) in [6.45, 7) is 3.32.